The van der Waals surface area contributed by atoms with Gasteiger partial charge in [0.1, 0.15) is 0 Å². The third kappa shape index (κ3) is 3.50. The van der Waals surface area contributed by atoms with E-state index in [9.17, 15) is 15.2 Å². The predicted molar refractivity (Wildman–Crippen MR) is 79.3 cm³/mol. The molecule has 20 heavy (non-hydrogen) atoms. The Kier molecular flexibility index (Phi) is 4.65. The van der Waals surface area contributed by atoms with Gasteiger partial charge in [-0.25, -0.2) is 0 Å². The van der Waals surface area contributed by atoms with E-state index in [-0.39, 0.29) is 5.69 Å². The van der Waals surface area contributed by atoms with Crippen molar-refractivity contribution in [3.63, 3.8) is 0 Å². The van der Waals surface area contributed by atoms with Crippen LogP contribution in [0.25, 0.3) is 0 Å². The smallest absolute Gasteiger partial charge is 0.283 e. The number of nitrogens with zero attached hydrogens (tertiary/aromatic N) is 1. The molecule has 0 amide bonds. The first-order valence-corrected chi connectivity index (χ1v) is 7.06. The molecule has 2 aromatic carbocycles. The van der Waals surface area contributed by atoms with Gasteiger partial charge in [-0.1, -0.05) is 35.5 Å². The fraction of sp³-hybridized carbons (Fsp3) is 0.143. The number of halogens is 1. The van der Waals surface area contributed by atoms with Crippen molar-refractivity contribution in [2.24, 2.45) is 0 Å². The molecule has 1 N–H and O–H groups in total. The van der Waals surface area contributed by atoms with E-state index in [0.29, 0.717) is 15.5 Å². The van der Waals surface area contributed by atoms with Crippen LogP contribution in [0.4, 0.5) is 5.69 Å². The minimum Gasteiger partial charge on any atom is -0.389 e. The Hall–Kier alpha value is -1.56. The molecule has 0 fully saturated rings. The monoisotopic (exact) mass is 309 g/mol. The Bertz CT molecular complexity index is 646. The lowest BCUT2D eigenvalue weighted by Gasteiger charge is -2.08. The second kappa shape index (κ2) is 6.26. The summed E-state index contributed by atoms with van der Waals surface area (Å²) in [7, 11) is 0. The molecule has 4 nitrogen and oxygen atoms in total. The molecule has 1 atom stereocenters. The van der Waals surface area contributed by atoms with Gasteiger partial charge in [-0.3, -0.25) is 10.1 Å². The van der Waals surface area contributed by atoms with E-state index in [1.165, 1.54) is 17.8 Å². The first-order valence-electron chi connectivity index (χ1n) is 5.87. The Balaban J connectivity index is 2.38. The third-order valence-corrected chi connectivity index (χ3v) is 3.98. The Morgan fingerprint density at radius 2 is 2.05 bits per heavy atom. The maximum absolute atomic E-state index is 11.1. The minimum atomic E-state index is -0.737. The van der Waals surface area contributed by atoms with Crippen molar-refractivity contribution in [3.8, 4) is 0 Å². The summed E-state index contributed by atoms with van der Waals surface area (Å²) >= 11 is 7.17. The second-order valence-electron chi connectivity index (χ2n) is 4.22. The van der Waals surface area contributed by atoms with E-state index in [1.807, 2.05) is 6.07 Å². The molecule has 104 valence electrons. The highest BCUT2D eigenvalue weighted by atomic mass is 35.5. The van der Waals surface area contributed by atoms with Crippen LogP contribution in [0.5, 0.6) is 0 Å². The number of hydrogen-bond donors (Lipinski definition) is 1. The zero-order valence-corrected chi connectivity index (χ0v) is 12.2. The number of aliphatic hydroxyl groups is 1. The van der Waals surface area contributed by atoms with Crippen molar-refractivity contribution in [2.45, 2.75) is 22.8 Å². The number of aliphatic hydroxyl groups excluding tert-OH is 1. The van der Waals surface area contributed by atoms with Crippen molar-refractivity contribution in [1.29, 1.82) is 0 Å². The van der Waals surface area contributed by atoms with Crippen LogP contribution in [0, 0.1) is 10.1 Å². The Morgan fingerprint density at radius 1 is 1.30 bits per heavy atom. The third-order valence-electron chi connectivity index (χ3n) is 2.69. The van der Waals surface area contributed by atoms with E-state index in [0.717, 1.165) is 4.90 Å². The molecule has 0 heterocycles. The summed E-state index contributed by atoms with van der Waals surface area (Å²) in [6, 6.07) is 11.9. The molecule has 0 radical (unpaired) electrons. The maximum atomic E-state index is 11.1. The highest BCUT2D eigenvalue weighted by Crippen LogP contribution is 2.36. The van der Waals surface area contributed by atoms with Gasteiger partial charge in [0.2, 0.25) is 0 Å². The van der Waals surface area contributed by atoms with Crippen molar-refractivity contribution < 1.29 is 10.0 Å². The Morgan fingerprint density at radius 3 is 2.65 bits per heavy atom. The molecule has 0 unspecified atom stereocenters. The molecule has 2 aromatic rings. The highest BCUT2D eigenvalue weighted by molar-refractivity contribution is 7.99. The topological polar surface area (TPSA) is 63.4 Å². The summed E-state index contributed by atoms with van der Waals surface area (Å²) in [6.45, 7) is 1.57. The van der Waals surface area contributed by atoms with Gasteiger partial charge in [0.25, 0.3) is 5.69 Å². The van der Waals surface area contributed by atoms with Crippen LogP contribution in [-0.4, -0.2) is 10.0 Å². The number of hydrogen-bond acceptors (Lipinski definition) is 4. The fourth-order valence-electron chi connectivity index (χ4n) is 1.68. The summed E-state index contributed by atoms with van der Waals surface area (Å²) in [5.41, 5.74) is 0.500. The molecule has 0 aromatic heterocycles. The molecule has 0 aliphatic carbocycles. The van der Waals surface area contributed by atoms with Gasteiger partial charge in [0.15, 0.2) is 0 Å². The lowest BCUT2D eigenvalue weighted by Crippen LogP contribution is -1.96. The van der Waals surface area contributed by atoms with Crippen molar-refractivity contribution >= 4 is 29.1 Å². The summed E-state index contributed by atoms with van der Waals surface area (Å²) in [6.07, 6.45) is -0.737. The molecular weight excluding hydrogens is 298 g/mol. The van der Waals surface area contributed by atoms with Crippen molar-refractivity contribution in [2.75, 3.05) is 0 Å². The van der Waals surface area contributed by atoms with E-state index < -0.39 is 11.0 Å². The van der Waals surface area contributed by atoms with Gasteiger partial charge in [-0.2, -0.15) is 0 Å². The summed E-state index contributed by atoms with van der Waals surface area (Å²) in [4.78, 5) is 12.0. The van der Waals surface area contributed by atoms with Crippen molar-refractivity contribution in [3.05, 3.63) is 63.2 Å². The van der Waals surface area contributed by atoms with Gasteiger partial charge in [0.05, 0.1) is 15.9 Å². The number of rotatable bonds is 4. The van der Waals surface area contributed by atoms with Gasteiger partial charge in [-0.15, -0.1) is 0 Å². The van der Waals surface area contributed by atoms with Gasteiger partial charge in [-0.05, 0) is 36.8 Å². The fourth-order valence-corrected chi connectivity index (χ4v) is 2.90. The maximum Gasteiger partial charge on any atom is 0.283 e. The van der Waals surface area contributed by atoms with E-state index in [2.05, 4.69) is 0 Å². The summed E-state index contributed by atoms with van der Waals surface area (Å²) < 4.78 is 0. The summed E-state index contributed by atoms with van der Waals surface area (Å²) in [5.74, 6) is 0. The van der Waals surface area contributed by atoms with Crippen LogP contribution < -0.4 is 0 Å². The van der Waals surface area contributed by atoms with Crippen LogP contribution in [0.1, 0.15) is 18.6 Å². The minimum absolute atomic E-state index is 0.0200. The zero-order chi connectivity index (χ0) is 14.7. The van der Waals surface area contributed by atoms with Crippen LogP contribution in [0.2, 0.25) is 5.02 Å². The molecule has 0 aliphatic rings. The SMILES string of the molecule is C[C@H](O)c1ccc(Sc2cccc(Cl)c2)c([N+](=O)[O-])c1. The van der Waals surface area contributed by atoms with Crippen molar-refractivity contribution in [1.82, 2.24) is 0 Å². The molecular formula is C14H12ClNO3S. The second-order valence-corrected chi connectivity index (χ2v) is 5.77. The average molecular weight is 310 g/mol. The number of nitro benzene ring substituents is 1. The normalized spacial score (nSPS) is 12.2. The number of nitro groups is 1. The molecule has 0 spiro atoms. The van der Waals surface area contributed by atoms with Crippen LogP contribution in [0.15, 0.2) is 52.3 Å². The molecule has 6 heteroatoms. The lowest BCUT2D eigenvalue weighted by molar-refractivity contribution is -0.387. The number of benzene rings is 2. The quantitative estimate of drug-likeness (QED) is 0.669. The van der Waals surface area contributed by atoms with Crippen LogP contribution in [0.3, 0.4) is 0 Å². The van der Waals surface area contributed by atoms with Gasteiger partial charge in [0, 0.05) is 16.0 Å². The van der Waals surface area contributed by atoms with Gasteiger partial charge >= 0.3 is 0 Å². The van der Waals surface area contributed by atoms with Crippen LogP contribution in [-0.2, 0) is 0 Å². The molecule has 0 saturated heterocycles. The largest absolute Gasteiger partial charge is 0.389 e. The average Bonchev–Trinajstić information content (AvgIpc) is 2.38. The molecule has 2 rings (SSSR count). The Labute approximate surface area is 125 Å². The standard InChI is InChI=1S/C14H12ClNO3S/c1-9(17)10-5-6-14(13(7-10)16(18)19)20-12-4-2-3-11(15)8-12/h2-9,17H,1H3/t9-/m0/s1. The van der Waals surface area contributed by atoms with E-state index >= 15 is 0 Å². The predicted octanol–water partition coefficient (Wildman–Crippen LogP) is 4.45. The highest BCUT2D eigenvalue weighted by Gasteiger charge is 2.17. The van der Waals surface area contributed by atoms with Crippen LogP contribution >= 0.6 is 23.4 Å². The molecule has 0 aliphatic heterocycles. The van der Waals surface area contributed by atoms with E-state index in [1.54, 1.807) is 37.3 Å². The first-order chi connectivity index (χ1) is 9.47. The molecule has 0 bridgehead atoms. The van der Waals surface area contributed by atoms with E-state index in [4.69, 9.17) is 11.6 Å². The van der Waals surface area contributed by atoms with Gasteiger partial charge < -0.3 is 5.11 Å². The summed E-state index contributed by atoms with van der Waals surface area (Å²) in [5, 5.41) is 21.2. The zero-order valence-electron chi connectivity index (χ0n) is 10.6. The lowest BCUT2D eigenvalue weighted by atomic mass is 10.1. The first kappa shape index (κ1) is 14.8. The molecule has 0 saturated carbocycles.